The Bertz CT molecular complexity index is 483. The molecule has 5 heteroatoms. The second-order valence-corrected chi connectivity index (χ2v) is 5.44. The highest BCUT2D eigenvalue weighted by Crippen LogP contribution is 2.40. The van der Waals surface area contributed by atoms with Gasteiger partial charge in [0, 0.05) is 19.0 Å². The molecule has 1 unspecified atom stereocenters. The first-order chi connectivity index (χ1) is 9.53. The maximum absolute atomic E-state index is 11.9. The first kappa shape index (κ1) is 14.5. The van der Waals surface area contributed by atoms with E-state index in [1.165, 1.54) is 0 Å². The number of carbonyl (C=O) groups excluding carboxylic acids is 1. The number of carboxylic acids is 1. The zero-order valence-electron chi connectivity index (χ0n) is 11.3. The Kier molecular flexibility index (Phi) is 4.39. The molecule has 1 aliphatic carbocycles. The Balaban J connectivity index is 1.82. The predicted octanol–water partition coefficient (Wildman–Crippen LogP) is 1.45. The highest BCUT2D eigenvalue weighted by atomic mass is 16.4. The molecular weight excluding hydrogens is 256 g/mol. The Labute approximate surface area is 118 Å². The van der Waals surface area contributed by atoms with Gasteiger partial charge in [-0.3, -0.25) is 9.59 Å². The summed E-state index contributed by atoms with van der Waals surface area (Å²) < 4.78 is 0. The topological polar surface area (TPSA) is 92.4 Å². The Hall–Kier alpha value is -1.88. The fraction of sp³-hybridized carbons (Fsp3) is 0.467. The largest absolute Gasteiger partial charge is 0.481 e. The van der Waals surface area contributed by atoms with E-state index in [2.05, 4.69) is 5.32 Å². The Morgan fingerprint density at radius 1 is 1.30 bits per heavy atom. The van der Waals surface area contributed by atoms with E-state index in [1.54, 1.807) is 0 Å². The number of aliphatic carboxylic acids is 1. The molecule has 0 bridgehead atoms. The van der Waals surface area contributed by atoms with Crippen LogP contribution in [0.25, 0.3) is 0 Å². The minimum absolute atomic E-state index is 0.166. The molecule has 1 amide bonds. The van der Waals surface area contributed by atoms with E-state index in [0.29, 0.717) is 12.8 Å². The smallest absolute Gasteiger partial charge is 0.311 e. The van der Waals surface area contributed by atoms with Crippen molar-refractivity contribution in [3.63, 3.8) is 0 Å². The Morgan fingerprint density at radius 3 is 2.45 bits per heavy atom. The number of hydrogen-bond acceptors (Lipinski definition) is 3. The van der Waals surface area contributed by atoms with E-state index in [1.807, 2.05) is 30.3 Å². The summed E-state index contributed by atoms with van der Waals surface area (Å²) in [5.74, 6) is -1.02. The molecule has 0 aromatic heterocycles. The summed E-state index contributed by atoms with van der Waals surface area (Å²) in [6.45, 7) is 0.197. The molecule has 0 aliphatic heterocycles. The molecule has 1 aliphatic rings. The van der Waals surface area contributed by atoms with Crippen molar-refractivity contribution in [1.29, 1.82) is 0 Å². The summed E-state index contributed by atoms with van der Waals surface area (Å²) in [5.41, 5.74) is 6.11. The summed E-state index contributed by atoms with van der Waals surface area (Å²) in [6.07, 6.45) is 2.34. The van der Waals surface area contributed by atoms with Crippen LogP contribution in [0, 0.1) is 5.41 Å². The van der Waals surface area contributed by atoms with Gasteiger partial charge in [-0.05, 0) is 18.4 Å². The van der Waals surface area contributed by atoms with Crippen LogP contribution < -0.4 is 11.1 Å². The molecule has 5 nitrogen and oxygen atoms in total. The monoisotopic (exact) mass is 276 g/mol. The van der Waals surface area contributed by atoms with Crippen molar-refractivity contribution in [1.82, 2.24) is 5.32 Å². The minimum Gasteiger partial charge on any atom is -0.481 e. The number of carbonyl (C=O) groups is 2. The van der Waals surface area contributed by atoms with E-state index in [4.69, 9.17) is 5.73 Å². The predicted molar refractivity (Wildman–Crippen MR) is 74.9 cm³/mol. The number of nitrogens with one attached hydrogen (secondary N) is 1. The highest BCUT2D eigenvalue weighted by Gasteiger charge is 2.44. The normalized spacial score (nSPS) is 17.9. The highest BCUT2D eigenvalue weighted by molar-refractivity contribution is 5.80. The number of hydrogen-bond donors (Lipinski definition) is 3. The van der Waals surface area contributed by atoms with Gasteiger partial charge in [-0.2, -0.15) is 0 Å². The van der Waals surface area contributed by atoms with Crippen molar-refractivity contribution in [2.24, 2.45) is 11.1 Å². The van der Waals surface area contributed by atoms with E-state index in [9.17, 15) is 14.7 Å². The van der Waals surface area contributed by atoms with Gasteiger partial charge in [-0.1, -0.05) is 36.8 Å². The number of carboxylic acid groups (broad SMARTS) is 1. The van der Waals surface area contributed by atoms with Crippen LogP contribution in [0.1, 0.15) is 37.3 Å². The average Bonchev–Trinajstić information content (AvgIpc) is 2.38. The van der Waals surface area contributed by atoms with Crippen LogP contribution in [0.15, 0.2) is 30.3 Å². The lowest BCUT2D eigenvalue weighted by molar-refractivity contribution is -0.154. The maximum atomic E-state index is 11.9. The van der Waals surface area contributed by atoms with Gasteiger partial charge >= 0.3 is 5.97 Å². The lowest BCUT2D eigenvalue weighted by atomic mass is 9.69. The molecule has 1 saturated carbocycles. The van der Waals surface area contributed by atoms with Crippen LogP contribution in [-0.2, 0) is 9.59 Å². The standard InChI is InChI=1S/C15H20N2O3/c16-12(11-5-2-1-3-6-11)9-13(18)17-10-15(14(19)20)7-4-8-15/h1-3,5-6,12H,4,7-10,16H2,(H,17,18)(H,19,20). The summed E-state index contributed by atoms with van der Waals surface area (Å²) in [6, 6.07) is 9.04. The zero-order chi connectivity index (χ0) is 14.6. The third-order valence-electron chi connectivity index (χ3n) is 4.02. The first-order valence-corrected chi connectivity index (χ1v) is 6.84. The lowest BCUT2D eigenvalue weighted by Gasteiger charge is -2.37. The van der Waals surface area contributed by atoms with Gasteiger partial charge in [0.25, 0.3) is 0 Å². The fourth-order valence-electron chi connectivity index (χ4n) is 2.43. The molecule has 1 atom stereocenters. The molecule has 0 heterocycles. The van der Waals surface area contributed by atoms with Gasteiger partial charge in [-0.15, -0.1) is 0 Å². The number of nitrogens with two attached hydrogens (primary N) is 1. The molecular formula is C15H20N2O3. The van der Waals surface area contributed by atoms with Crippen LogP contribution in [0.5, 0.6) is 0 Å². The SMILES string of the molecule is NC(CC(=O)NCC1(C(=O)O)CCC1)c1ccccc1. The van der Waals surface area contributed by atoms with Crippen LogP contribution >= 0.6 is 0 Å². The van der Waals surface area contributed by atoms with Crippen molar-refractivity contribution in [3.05, 3.63) is 35.9 Å². The van der Waals surface area contributed by atoms with Crippen LogP contribution in [0.2, 0.25) is 0 Å². The first-order valence-electron chi connectivity index (χ1n) is 6.84. The van der Waals surface area contributed by atoms with Gasteiger partial charge in [0.1, 0.15) is 0 Å². The molecule has 20 heavy (non-hydrogen) atoms. The second kappa shape index (κ2) is 6.05. The molecule has 108 valence electrons. The summed E-state index contributed by atoms with van der Waals surface area (Å²) >= 11 is 0. The van der Waals surface area contributed by atoms with Crippen molar-refractivity contribution >= 4 is 11.9 Å². The van der Waals surface area contributed by atoms with Gasteiger partial charge < -0.3 is 16.2 Å². The van der Waals surface area contributed by atoms with E-state index >= 15 is 0 Å². The molecule has 0 radical (unpaired) electrons. The minimum atomic E-state index is -0.823. The number of rotatable bonds is 6. The molecule has 0 saturated heterocycles. The third kappa shape index (κ3) is 3.17. The Morgan fingerprint density at radius 2 is 1.95 bits per heavy atom. The molecule has 1 aromatic carbocycles. The number of benzene rings is 1. The van der Waals surface area contributed by atoms with Gasteiger partial charge in [-0.25, -0.2) is 0 Å². The van der Waals surface area contributed by atoms with Crippen molar-refractivity contribution in [2.45, 2.75) is 31.7 Å². The average molecular weight is 276 g/mol. The van der Waals surface area contributed by atoms with Gasteiger partial charge in [0.15, 0.2) is 0 Å². The summed E-state index contributed by atoms with van der Waals surface area (Å²) in [7, 11) is 0. The molecule has 2 rings (SSSR count). The molecule has 0 spiro atoms. The quantitative estimate of drug-likeness (QED) is 0.733. The van der Waals surface area contributed by atoms with Crippen molar-refractivity contribution in [3.8, 4) is 0 Å². The summed E-state index contributed by atoms with van der Waals surface area (Å²) in [5, 5.41) is 11.9. The summed E-state index contributed by atoms with van der Waals surface area (Å²) in [4.78, 5) is 23.0. The van der Waals surface area contributed by atoms with Crippen molar-refractivity contribution < 1.29 is 14.7 Å². The van der Waals surface area contributed by atoms with Crippen LogP contribution in [0.3, 0.4) is 0 Å². The van der Waals surface area contributed by atoms with Crippen LogP contribution in [0.4, 0.5) is 0 Å². The van der Waals surface area contributed by atoms with Gasteiger partial charge in [0.2, 0.25) is 5.91 Å². The molecule has 4 N–H and O–H groups in total. The van der Waals surface area contributed by atoms with Crippen molar-refractivity contribution in [2.75, 3.05) is 6.54 Å². The number of amides is 1. The second-order valence-electron chi connectivity index (χ2n) is 5.44. The lowest BCUT2D eigenvalue weighted by Crippen LogP contribution is -2.47. The zero-order valence-corrected chi connectivity index (χ0v) is 11.3. The third-order valence-corrected chi connectivity index (χ3v) is 4.02. The molecule has 1 fully saturated rings. The van der Waals surface area contributed by atoms with Crippen LogP contribution in [-0.4, -0.2) is 23.5 Å². The fourth-order valence-corrected chi connectivity index (χ4v) is 2.43. The van der Waals surface area contributed by atoms with E-state index < -0.39 is 11.4 Å². The van der Waals surface area contributed by atoms with E-state index in [0.717, 1.165) is 12.0 Å². The van der Waals surface area contributed by atoms with E-state index in [-0.39, 0.29) is 24.9 Å². The molecule has 1 aromatic rings. The van der Waals surface area contributed by atoms with Gasteiger partial charge in [0.05, 0.1) is 5.41 Å². The maximum Gasteiger partial charge on any atom is 0.311 e.